The van der Waals surface area contributed by atoms with Gasteiger partial charge in [-0.15, -0.1) is 0 Å². The second kappa shape index (κ2) is 5.34. The van der Waals surface area contributed by atoms with E-state index in [9.17, 15) is 0 Å². The molecule has 3 nitrogen and oxygen atoms in total. The van der Waals surface area contributed by atoms with E-state index in [0.717, 1.165) is 29.8 Å². The van der Waals surface area contributed by atoms with Crippen LogP contribution in [0.4, 0.5) is 0 Å². The van der Waals surface area contributed by atoms with Crippen LogP contribution in [0.25, 0.3) is 0 Å². The fraction of sp³-hybridized carbons (Fsp3) is 1.00. The fourth-order valence-electron chi connectivity index (χ4n) is 4.13. The molecule has 0 spiro atoms. The number of likely N-dealkylation sites (tertiary alicyclic amines) is 1. The first-order valence-electron chi connectivity index (χ1n) is 8.26. The largest absolute Gasteiger partial charge is 0.300 e. The Morgan fingerprint density at radius 3 is 1.79 bits per heavy atom. The highest BCUT2D eigenvalue weighted by Gasteiger charge is 2.55. The molecule has 0 aromatic heterocycles. The monoisotopic (exact) mass is 265 g/mol. The van der Waals surface area contributed by atoms with E-state index in [-0.39, 0.29) is 0 Å². The SMILES string of the molecule is CC(C)N1CCN(CC2C3CN(C(C)C)C[C@H]23)CC1. The Morgan fingerprint density at radius 1 is 0.789 bits per heavy atom. The summed E-state index contributed by atoms with van der Waals surface area (Å²) in [5.41, 5.74) is 0. The van der Waals surface area contributed by atoms with E-state index in [4.69, 9.17) is 0 Å². The van der Waals surface area contributed by atoms with Crippen LogP contribution >= 0.6 is 0 Å². The van der Waals surface area contributed by atoms with Crippen molar-refractivity contribution in [2.75, 3.05) is 45.8 Å². The van der Waals surface area contributed by atoms with Gasteiger partial charge >= 0.3 is 0 Å². The van der Waals surface area contributed by atoms with Crippen molar-refractivity contribution >= 4 is 0 Å². The van der Waals surface area contributed by atoms with Gasteiger partial charge in [-0.1, -0.05) is 0 Å². The Balaban J connectivity index is 1.39. The highest BCUT2D eigenvalue weighted by molar-refractivity contribution is 5.06. The number of rotatable bonds is 4. The molecule has 1 aliphatic carbocycles. The summed E-state index contributed by atoms with van der Waals surface area (Å²) in [6, 6.07) is 1.48. The zero-order valence-corrected chi connectivity index (χ0v) is 13.2. The highest BCUT2D eigenvalue weighted by Crippen LogP contribution is 2.52. The Bertz CT molecular complexity index is 289. The molecular formula is C16H31N3. The predicted molar refractivity (Wildman–Crippen MR) is 80.3 cm³/mol. The van der Waals surface area contributed by atoms with Gasteiger partial charge in [0, 0.05) is 57.9 Å². The number of hydrogen-bond donors (Lipinski definition) is 0. The van der Waals surface area contributed by atoms with Crippen LogP contribution in [-0.4, -0.2) is 72.6 Å². The van der Waals surface area contributed by atoms with Crippen LogP contribution in [0.1, 0.15) is 27.7 Å². The number of hydrogen-bond acceptors (Lipinski definition) is 3. The molecule has 0 N–H and O–H groups in total. The molecule has 3 rings (SSSR count). The quantitative estimate of drug-likeness (QED) is 0.764. The molecule has 0 amide bonds. The molecule has 0 aromatic carbocycles. The lowest BCUT2D eigenvalue weighted by molar-refractivity contribution is 0.0995. The lowest BCUT2D eigenvalue weighted by Crippen LogP contribution is -2.49. The Kier molecular flexibility index (Phi) is 3.89. The van der Waals surface area contributed by atoms with Gasteiger partial charge in [0.1, 0.15) is 0 Å². The second-order valence-corrected chi connectivity index (χ2v) is 7.47. The van der Waals surface area contributed by atoms with Crippen molar-refractivity contribution in [2.45, 2.75) is 39.8 Å². The van der Waals surface area contributed by atoms with E-state index in [1.54, 1.807) is 0 Å². The minimum Gasteiger partial charge on any atom is -0.300 e. The van der Waals surface area contributed by atoms with Crippen molar-refractivity contribution < 1.29 is 0 Å². The molecule has 2 heterocycles. The molecule has 0 aromatic rings. The summed E-state index contributed by atoms with van der Waals surface area (Å²) in [7, 11) is 0. The molecule has 3 atom stereocenters. The van der Waals surface area contributed by atoms with Crippen LogP contribution in [0.3, 0.4) is 0 Å². The van der Waals surface area contributed by atoms with Gasteiger partial charge in [0.2, 0.25) is 0 Å². The third-order valence-electron chi connectivity index (χ3n) is 5.74. The van der Waals surface area contributed by atoms with Crippen LogP contribution in [-0.2, 0) is 0 Å². The normalized spacial score (nSPS) is 37.3. The molecular weight excluding hydrogens is 234 g/mol. The van der Waals surface area contributed by atoms with Crippen molar-refractivity contribution in [3.8, 4) is 0 Å². The summed E-state index contributed by atoms with van der Waals surface area (Å²) in [6.07, 6.45) is 0. The molecule has 1 saturated carbocycles. The average Bonchev–Trinajstić information content (AvgIpc) is 2.84. The fourth-order valence-corrected chi connectivity index (χ4v) is 4.13. The van der Waals surface area contributed by atoms with Crippen molar-refractivity contribution in [1.29, 1.82) is 0 Å². The van der Waals surface area contributed by atoms with Gasteiger partial charge in [0.25, 0.3) is 0 Å². The third-order valence-corrected chi connectivity index (χ3v) is 5.74. The number of piperidine rings is 1. The molecule has 0 radical (unpaired) electrons. The summed E-state index contributed by atoms with van der Waals surface area (Å²) in [5.74, 6) is 3.09. The smallest absolute Gasteiger partial charge is 0.0113 e. The number of fused-ring (bicyclic) bond motifs is 1. The summed E-state index contributed by atoms with van der Waals surface area (Å²) >= 11 is 0. The maximum Gasteiger partial charge on any atom is 0.0113 e. The average molecular weight is 265 g/mol. The summed E-state index contributed by atoms with van der Waals surface area (Å²) in [6.45, 7) is 18.6. The molecule has 2 saturated heterocycles. The second-order valence-electron chi connectivity index (χ2n) is 7.47. The molecule has 3 fully saturated rings. The highest BCUT2D eigenvalue weighted by atomic mass is 15.3. The van der Waals surface area contributed by atoms with Gasteiger partial charge in [-0.3, -0.25) is 4.90 Å². The van der Waals surface area contributed by atoms with Crippen LogP contribution in [0.2, 0.25) is 0 Å². The van der Waals surface area contributed by atoms with Crippen molar-refractivity contribution in [3.63, 3.8) is 0 Å². The summed E-state index contributed by atoms with van der Waals surface area (Å²) < 4.78 is 0. The molecule has 2 aliphatic heterocycles. The van der Waals surface area contributed by atoms with Gasteiger partial charge in [-0.2, -0.15) is 0 Å². The van der Waals surface area contributed by atoms with Crippen molar-refractivity contribution in [2.24, 2.45) is 17.8 Å². The van der Waals surface area contributed by atoms with Crippen molar-refractivity contribution in [3.05, 3.63) is 0 Å². The first kappa shape index (κ1) is 13.8. The van der Waals surface area contributed by atoms with Crippen LogP contribution in [0, 0.1) is 17.8 Å². The van der Waals surface area contributed by atoms with Gasteiger partial charge in [0.15, 0.2) is 0 Å². The van der Waals surface area contributed by atoms with Gasteiger partial charge in [-0.25, -0.2) is 0 Å². The molecule has 2 unspecified atom stereocenters. The van der Waals surface area contributed by atoms with Crippen LogP contribution in [0.15, 0.2) is 0 Å². The Morgan fingerprint density at radius 2 is 1.32 bits per heavy atom. The first-order chi connectivity index (χ1) is 9.06. The van der Waals surface area contributed by atoms with Crippen LogP contribution < -0.4 is 0 Å². The van der Waals surface area contributed by atoms with Crippen molar-refractivity contribution in [1.82, 2.24) is 14.7 Å². The lowest BCUT2D eigenvalue weighted by Gasteiger charge is -2.37. The van der Waals surface area contributed by atoms with Gasteiger partial charge in [-0.05, 0) is 45.4 Å². The molecule has 3 aliphatic rings. The zero-order valence-electron chi connectivity index (χ0n) is 13.2. The maximum absolute atomic E-state index is 2.72. The molecule has 3 heteroatoms. The van der Waals surface area contributed by atoms with Gasteiger partial charge < -0.3 is 9.80 Å². The third kappa shape index (κ3) is 2.84. The van der Waals surface area contributed by atoms with E-state index < -0.39 is 0 Å². The maximum atomic E-state index is 2.72. The number of nitrogens with zero attached hydrogens (tertiary/aromatic N) is 3. The van der Waals surface area contributed by atoms with E-state index >= 15 is 0 Å². The van der Waals surface area contributed by atoms with E-state index in [2.05, 4.69) is 42.4 Å². The Labute approximate surface area is 118 Å². The molecule has 0 bridgehead atoms. The van der Waals surface area contributed by atoms with E-state index in [1.807, 2.05) is 0 Å². The van der Waals surface area contributed by atoms with E-state index in [1.165, 1.54) is 45.8 Å². The lowest BCUT2D eigenvalue weighted by atomic mass is 10.2. The van der Waals surface area contributed by atoms with E-state index in [0.29, 0.717) is 0 Å². The molecule has 19 heavy (non-hydrogen) atoms. The summed E-state index contributed by atoms with van der Waals surface area (Å²) in [4.78, 5) is 8.01. The minimum atomic E-state index is 0.724. The Hall–Kier alpha value is -0.120. The minimum absolute atomic E-state index is 0.724. The zero-order chi connectivity index (χ0) is 13.6. The summed E-state index contributed by atoms with van der Waals surface area (Å²) in [5, 5.41) is 0. The topological polar surface area (TPSA) is 9.72 Å². The first-order valence-corrected chi connectivity index (χ1v) is 8.26. The van der Waals surface area contributed by atoms with Crippen LogP contribution in [0.5, 0.6) is 0 Å². The predicted octanol–water partition coefficient (Wildman–Crippen LogP) is 1.60. The molecule has 110 valence electrons. The standard InChI is InChI=1S/C16H31N3/c1-12(2)18-7-5-17(6-8-18)9-14-15-10-19(13(3)4)11-16(14)15/h12-16H,5-11H2,1-4H3/t14?,15-,16?/m1/s1. The number of piperazine rings is 1. The van der Waals surface area contributed by atoms with Gasteiger partial charge in [0.05, 0.1) is 0 Å².